The molecule has 188 valence electrons. The van der Waals surface area contributed by atoms with Gasteiger partial charge in [0.15, 0.2) is 5.84 Å². The number of nitrogens with zero attached hydrogens (tertiary/aromatic N) is 5. The highest BCUT2D eigenvalue weighted by Crippen LogP contribution is 2.36. The van der Waals surface area contributed by atoms with Crippen molar-refractivity contribution in [2.75, 3.05) is 18.5 Å². The molecule has 12 heteroatoms. The van der Waals surface area contributed by atoms with Crippen molar-refractivity contribution in [2.45, 2.75) is 45.3 Å². The number of hydrogen-bond donors (Lipinski definition) is 3. The average molecular weight is 510 g/mol. The normalized spacial score (nSPS) is 18.6. The molecular weight excluding hydrogens is 483 g/mol. The second kappa shape index (κ2) is 9.98. The van der Waals surface area contributed by atoms with E-state index < -0.39 is 12.7 Å². The zero-order valence-corrected chi connectivity index (χ0v) is 20.2. The van der Waals surface area contributed by atoms with Gasteiger partial charge in [0.25, 0.3) is 0 Å². The number of rotatable bonds is 6. The number of hydroxylamine groups is 1. The Morgan fingerprint density at radius 2 is 1.94 bits per heavy atom. The predicted octanol–water partition coefficient (Wildman–Crippen LogP) is 5.28. The van der Waals surface area contributed by atoms with Gasteiger partial charge in [-0.25, -0.2) is 9.97 Å². The molecule has 0 atom stereocenters. The van der Waals surface area contributed by atoms with Gasteiger partial charge in [-0.2, -0.15) is 13.2 Å². The molecule has 3 aromatic heterocycles. The van der Waals surface area contributed by atoms with Crippen LogP contribution in [-0.4, -0.2) is 50.3 Å². The molecule has 0 spiro atoms. The van der Waals surface area contributed by atoms with Gasteiger partial charge in [0.2, 0.25) is 5.95 Å². The zero-order valence-electron chi connectivity index (χ0n) is 19.4. The van der Waals surface area contributed by atoms with Crippen LogP contribution in [0.3, 0.4) is 0 Å². The number of fused-ring (bicyclic) bond motifs is 1. The summed E-state index contributed by atoms with van der Waals surface area (Å²) in [6, 6.07) is 3.13. The number of alkyl halides is 3. The maximum absolute atomic E-state index is 13.3. The molecule has 0 aromatic carbocycles. The molecule has 0 bridgehead atoms. The SMILES string of the molecule is CN(CC(F)(F)F)c1nc2cc(C(=N)NO)nc(-c3cncc(Cl)c3)c2n1C[C@H]1CC[C@H](C)CC1. The summed E-state index contributed by atoms with van der Waals surface area (Å²) in [7, 11) is 1.36. The van der Waals surface area contributed by atoms with Crippen LogP contribution < -0.4 is 10.4 Å². The van der Waals surface area contributed by atoms with Crippen LogP contribution in [0.5, 0.6) is 0 Å². The first-order chi connectivity index (χ1) is 16.6. The van der Waals surface area contributed by atoms with Gasteiger partial charge >= 0.3 is 6.18 Å². The highest BCUT2D eigenvalue weighted by molar-refractivity contribution is 6.30. The minimum absolute atomic E-state index is 0.0798. The minimum Gasteiger partial charge on any atom is -0.336 e. The molecule has 0 unspecified atom stereocenters. The number of amidine groups is 1. The maximum atomic E-state index is 13.3. The number of nitrogens with one attached hydrogen (secondary N) is 2. The minimum atomic E-state index is -4.41. The van der Waals surface area contributed by atoms with E-state index in [2.05, 4.69) is 21.9 Å². The van der Waals surface area contributed by atoms with Crippen LogP contribution in [-0.2, 0) is 6.54 Å². The lowest BCUT2D eigenvalue weighted by Crippen LogP contribution is -2.33. The van der Waals surface area contributed by atoms with Crippen molar-refractivity contribution in [3.63, 3.8) is 0 Å². The molecule has 0 amide bonds. The van der Waals surface area contributed by atoms with Crippen LogP contribution in [0.15, 0.2) is 24.5 Å². The van der Waals surface area contributed by atoms with Crippen LogP contribution in [0.2, 0.25) is 5.02 Å². The Bertz CT molecular complexity index is 1220. The highest BCUT2D eigenvalue weighted by Gasteiger charge is 2.32. The lowest BCUT2D eigenvalue weighted by molar-refractivity contribution is -0.119. The number of halogens is 4. The zero-order chi connectivity index (χ0) is 25.3. The molecule has 35 heavy (non-hydrogen) atoms. The van der Waals surface area contributed by atoms with E-state index >= 15 is 0 Å². The van der Waals surface area contributed by atoms with Gasteiger partial charge in [0.05, 0.1) is 21.7 Å². The summed E-state index contributed by atoms with van der Waals surface area (Å²) in [5.41, 5.74) is 3.64. The standard InChI is InChI=1S/C23H27ClF3N7O/c1-13-3-5-14(6-4-13)11-34-20-17(31-22(34)33(2)12-23(25,26)27)8-18(21(28)32-35)30-19(20)15-7-16(24)10-29-9-15/h7-10,13-14,35H,3-6,11-12H2,1-2H3,(H2,28,32)/t13-,14-. The number of hydrogen-bond acceptors (Lipinski definition) is 6. The number of aromatic nitrogens is 4. The van der Waals surface area contributed by atoms with Gasteiger partial charge in [-0.3, -0.25) is 21.1 Å². The Hall–Kier alpha value is -2.92. The molecule has 0 radical (unpaired) electrons. The largest absolute Gasteiger partial charge is 0.406 e. The maximum Gasteiger partial charge on any atom is 0.406 e. The molecular formula is C23H27ClF3N7O. The number of anilines is 1. The molecule has 1 saturated carbocycles. The van der Waals surface area contributed by atoms with Gasteiger partial charge in [-0.15, -0.1) is 0 Å². The Balaban J connectivity index is 1.93. The van der Waals surface area contributed by atoms with Crippen molar-refractivity contribution in [3.05, 3.63) is 35.2 Å². The van der Waals surface area contributed by atoms with Crippen LogP contribution in [0.1, 0.15) is 38.3 Å². The van der Waals surface area contributed by atoms with Crippen LogP contribution in [0, 0.1) is 17.2 Å². The van der Waals surface area contributed by atoms with Gasteiger partial charge in [-0.05, 0) is 36.8 Å². The van der Waals surface area contributed by atoms with E-state index in [1.165, 1.54) is 19.3 Å². The Morgan fingerprint density at radius 1 is 1.23 bits per heavy atom. The molecule has 3 heterocycles. The van der Waals surface area contributed by atoms with Gasteiger partial charge in [0, 0.05) is 31.5 Å². The summed E-state index contributed by atoms with van der Waals surface area (Å²) in [4.78, 5) is 14.3. The van der Waals surface area contributed by atoms with E-state index in [0.717, 1.165) is 30.6 Å². The van der Waals surface area contributed by atoms with Crippen LogP contribution in [0.25, 0.3) is 22.3 Å². The summed E-state index contributed by atoms with van der Waals surface area (Å²) in [6.45, 7) is 1.53. The lowest BCUT2D eigenvalue weighted by Gasteiger charge is -2.28. The highest BCUT2D eigenvalue weighted by atomic mass is 35.5. The fourth-order valence-corrected chi connectivity index (χ4v) is 4.82. The van der Waals surface area contributed by atoms with Crippen molar-refractivity contribution in [3.8, 4) is 11.3 Å². The summed E-state index contributed by atoms with van der Waals surface area (Å²) < 4.78 is 41.7. The van der Waals surface area contributed by atoms with E-state index in [9.17, 15) is 18.4 Å². The lowest BCUT2D eigenvalue weighted by atomic mass is 9.83. The molecule has 3 N–H and O–H groups in total. The fourth-order valence-electron chi connectivity index (χ4n) is 4.65. The summed E-state index contributed by atoms with van der Waals surface area (Å²) in [5.74, 6) is 0.704. The first-order valence-electron chi connectivity index (χ1n) is 11.3. The molecule has 4 rings (SSSR count). The predicted molar refractivity (Wildman–Crippen MR) is 128 cm³/mol. The topological polar surface area (TPSA) is 103 Å². The molecule has 0 aliphatic heterocycles. The molecule has 3 aromatic rings. The molecule has 1 aliphatic rings. The molecule has 1 fully saturated rings. The van der Waals surface area contributed by atoms with Gasteiger partial charge in [0.1, 0.15) is 12.2 Å². The summed E-state index contributed by atoms with van der Waals surface area (Å²) >= 11 is 6.17. The second-order valence-corrected chi connectivity index (χ2v) is 9.66. The summed E-state index contributed by atoms with van der Waals surface area (Å²) in [6.07, 6.45) is 2.68. The van der Waals surface area contributed by atoms with E-state index in [4.69, 9.17) is 17.0 Å². The fraction of sp³-hybridized carbons (Fsp3) is 0.478. The van der Waals surface area contributed by atoms with E-state index in [1.54, 1.807) is 22.3 Å². The van der Waals surface area contributed by atoms with E-state index in [1.807, 2.05) is 0 Å². The third-order valence-corrected chi connectivity index (χ3v) is 6.59. The quantitative estimate of drug-likeness (QED) is 0.237. The van der Waals surface area contributed by atoms with Crippen LogP contribution in [0.4, 0.5) is 19.1 Å². The van der Waals surface area contributed by atoms with E-state index in [-0.39, 0.29) is 23.4 Å². The van der Waals surface area contributed by atoms with Crippen molar-refractivity contribution < 1.29 is 18.4 Å². The molecule has 8 nitrogen and oxygen atoms in total. The number of pyridine rings is 2. The molecule has 0 saturated heterocycles. The van der Waals surface area contributed by atoms with Crippen molar-refractivity contribution in [1.82, 2.24) is 25.0 Å². The van der Waals surface area contributed by atoms with Crippen molar-refractivity contribution >= 4 is 34.4 Å². The van der Waals surface area contributed by atoms with Crippen molar-refractivity contribution in [2.24, 2.45) is 11.8 Å². The summed E-state index contributed by atoms with van der Waals surface area (Å²) in [5, 5.41) is 17.6. The Kier molecular flexibility index (Phi) is 7.18. The third-order valence-electron chi connectivity index (χ3n) is 6.38. The van der Waals surface area contributed by atoms with E-state index in [0.29, 0.717) is 39.8 Å². The van der Waals surface area contributed by atoms with Crippen LogP contribution >= 0.6 is 11.6 Å². The van der Waals surface area contributed by atoms with Gasteiger partial charge in [-0.1, -0.05) is 31.4 Å². The smallest absolute Gasteiger partial charge is 0.336 e. The third kappa shape index (κ3) is 5.67. The monoisotopic (exact) mass is 509 g/mol. The van der Waals surface area contributed by atoms with Crippen molar-refractivity contribution in [1.29, 1.82) is 5.41 Å². The first-order valence-corrected chi connectivity index (χ1v) is 11.7. The Labute approximate surface area is 205 Å². The molecule has 1 aliphatic carbocycles. The average Bonchev–Trinajstić information content (AvgIpc) is 3.16. The first kappa shape index (κ1) is 25.2. The Morgan fingerprint density at radius 3 is 2.57 bits per heavy atom. The van der Waals surface area contributed by atoms with Gasteiger partial charge < -0.3 is 9.47 Å². The number of imidazole rings is 1. The second-order valence-electron chi connectivity index (χ2n) is 9.22.